The second kappa shape index (κ2) is 21.7. The van der Waals surface area contributed by atoms with Gasteiger partial charge < -0.3 is 39.3 Å². The van der Waals surface area contributed by atoms with Crippen molar-refractivity contribution in [1.82, 2.24) is 39.0 Å². The van der Waals surface area contributed by atoms with Gasteiger partial charge in [-0.05, 0) is 104 Å². The van der Waals surface area contributed by atoms with Crippen molar-refractivity contribution < 1.29 is 65.4 Å². The van der Waals surface area contributed by atoms with Crippen LogP contribution in [0.3, 0.4) is 0 Å². The number of methoxy groups -OCH3 is 1. The lowest BCUT2D eigenvalue weighted by atomic mass is 10.0. The SMILES string of the molecule is CO[C@H]1[C@H]2OP(=O)(OCc3ccc(OC(=O)c4ccc(C)cc4)cc3)OCC34C[C@@H]3[C@@H](n3cnc5c(N)ncnc53)[C@H](O)[C@@H]4OP(=O)(SCc3ccc(OC(=O)c4ccc(C)cc4)cc3)OC[C@H]1O[C@H]2n1cnc2c(=O)[nH]c(C)nc21. The number of H-pyrrole nitrogens is 1. The average Bonchev–Trinajstić information content (AvgIpc) is 2.03. The molecule has 0 amide bonds. The van der Waals surface area contributed by atoms with E-state index in [1.165, 1.54) is 30.7 Å². The van der Waals surface area contributed by atoms with Gasteiger partial charge in [0, 0.05) is 18.3 Å². The highest BCUT2D eigenvalue weighted by Crippen LogP contribution is 2.75. The predicted molar refractivity (Wildman–Crippen MR) is 291 cm³/mol. The summed E-state index contributed by atoms with van der Waals surface area (Å²) >= 11 is 0.843. The number of aromatic nitrogens is 8. The number of hydrogen-bond acceptors (Lipinski definition) is 22. The van der Waals surface area contributed by atoms with Crippen LogP contribution in [0.5, 0.6) is 11.5 Å². The molecule has 420 valence electrons. The predicted octanol–water partition coefficient (Wildman–Crippen LogP) is 7.92. The third-order valence-corrected chi connectivity index (χ3v) is 19.9. The summed E-state index contributed by atoms with van der Waals surface area (Å²) in [5, 5.41) is 12.6. The fourth-order valence-corrected chi connectivity index (χ4v) is 15.5. The van der Waals surface area contributed by atoms with E-state index in [2.05, 4.69) is 29.9 Å². The lowest BCUT2D eigenvalue weighted by Gasteiger charge is -2.32. The third kappa shape index (κ3) is 10.8. The maximum atomic E-state index is 15.8. The molecule has 12 rings (SSSR count). The highest BCUT2D eigenvalue weighted by molar-refractivity contribution is 8.54. The summed E-state index contributed by atoms with van der Waals surface area (Å²) in [7, 11) is -3.50. The van der Waals surface area contributed by atoms with Crippen molar-refractivity contribution in [2.24, 2.45) is 11.3 Å². The Labute approximate surface area is 465 Å². The number of aromatic amines is 1. The molecule has 1 spiro atoms. The van der Waals surface area contributed by atoms with Crippen molar-refractivity contribution in [3.05, 3.63) is 166 Å². The standard InChI is InChI=1S/C54H53N9O15P2S/c1-29-5-13-34(14-6-29)52(66)74-36-17-9-32(10-18-36)22-71-79(68)73-25-54-21-38(54)42(62-27-58-40-47(55)56-26-57-48(40)62)43(64)46(54)78-80(69,81-24-33-11-19-37(20-12-33)75-53(67)35-15-7-30(2)8-16-35)72-23-39-44(70-4)45(77-79)51(76-39)63-28-59-41-49(63)60-31(3)61-50(41)65/h5-20,26-28,38-39,42-46,51,64H,21-25H2,1-4H3,(H2,55,56,57)(H,60,61,65)/t38-,39-,42-,43+,44-,45-,46+,51-,54?,79?,80?/m1/s1. The van der Waals surface area contributed by atoms with E-state index in [0.717, 1.165) is 22.5 Å². The van der Waals surface area contributed by atoms with Gasteiger partial charge >= 0.3 is 26.6 Å². The van der Waals surface area contributed by atoms with Crippen molar-refractivity contribution in [3.63, 3.8) is 0 Å². The minimum Gasteiger partial charge on any atom is -0.423 e. The van der Waals surface area contributed by atoms with Gasteiger partial charge in [0.1, 0.15) is 59.7 Å². The molecule has 6 heterocycles. The smallest absolute Gasteiger partial charge is 0.423 e. The van der Waals surface area contributed by atoms with E-state index in [0.29, 0.717) is 33.4 Å². The molecule has 27 heteroatoms. The van der Waals surface area contributed by atoms with Crippen LogP contribution in [0.25, 0.3) is 22.3 Å². The Morgan fingerprint density at radius 3 is 2.09 bits per heavy atom. The van der Waals surface area contributed by atoms with Crippen LogP contribution in [0.1, 0.15) is 67.5 Å². The van der Waals surface area contributed by atoms with E-state index in [9.17, 15) is 19.5 Å². The Bertz CT molecular complexity index is 3850. The largest absolute Gasteiger partial charge is 0.475 e. The fraction of sp³-hybridized carbons (Fsp3) is 0.333. The van der Waals surface area contributed by atoms with E-state index in [-0.39, 0.29) is 53.1 Å². The summed E-state index contributed by atoms with van der Waals surface area (Å²) in [4.78, 5) is 63.5. The van der Waals surface area contributed by atoms with E-state index in [1.807, 2.05) is 26.0 Å². The quantitative estimate of drug-likeness (QED) is 0.0560. The van der Waals surface area contributed by atoms with Crippen molar-refractivity contribution in [1.29, 1.82) is 0 Å². The molecule has 3 unspecified atom stereocenters. The number of fused-ring (bicyclic) bond motifs is 4. The first-order valence-corrected chi connectivity index (χ1v) is 30.2. The molecule has 0 radical (unpaired) electrons. The number of phosphoric acid groups is 1. The molecule has 2 bridgehead atoms. The Morgan fingerprint density at radius 2 is 1.43 bits per heavy atom. The number of benzene rings is 4. The number of rotatable bonds is 13. The second-order valence-corrected chi connectivity index (χ2v) is 25.9. The Morgan fingerprint density at radius 1 is 0.802 bits per heavy atom. The zero-order valence-corrected chi connectivity index (χ0v) is 46.4. The number of carbonyl (C=O) groups is 2. The van der Waals surface area contributed by atoms with Gasteiger partial charge in [-0.25, -0.2) is 43.6 Å². The molecule has 11 atom stereocenters. The monoisotopic (exact) mass is 1160 g/mol. The molecule has 24 nitrogen and oxygen atoms in total. The van der Waals surface area contributed by atoms with Crippen molar-refractivity contribution in [3.8, 4) is 11.5 Å². The molecule has 4 fully saturated rings. The topological polar surface area (TPSA) is 305 Å². The van der Waals surface area contributed by atoms with Gasteiger partial charge in [0.25, 0.3) is 5.56 Å². The van der Waals surface area contributed by atoms with Crippen molar-refractivity contribution >= 4 is 66.1 Å². The third-order valence-electron chi connectivity index (χ3n) is 14.9. The molecule has 81 heavy (non-hydrogen) atoms. The summed E-state index contributed by atoms with van der Waals surface area (Å²) in [5.74, 6) is -0.654. The first kappa shape index (κ1) is 54.6. The number of aliphatic hydroxyl groups is 1. The van der Waals surface area contributed by atoms with Gasteiger partial charge in [-0.1, -0.05) is 59.7 Å². The van der Waals surface area contributed by atoms with Crippen molar-refractivity contribution in [2.45, 2.75) is 82.3 Å². The maximum absolute atomic E-state index is 15.8. The summed E-state index contributed by atoms with van der Waals surface area (Å²) < 4.78 is 91.0. The van der Waals surface area contributed by atoms with Crippen molar-refractivity contribution in [2.75, 3.05) is 26.1 Å². The minimum atomic E-state index is -4.87. The molecule has 2 saturated heterocycles. The van der Waals surface area contributed by atoms with Crippen LogP contribution in [-0.4, -0.2) is 107 Å². The number of aryl methyl sites for hydroxylation is 3. The van der Waals surface area contributed by atoms with Crippen LogP contribution in [-0.2, 0) is 53.6 Å². The van der Waals surface area contributed by atoms with Gasteiger partial charge in [0.05, 0.1) is 49.6 Å². The van der Waals surface area contributed by atoms with Crippen LogP contribution < -0.4 is 20.8 Å². The number of nitrogens with one attached hydrogen (secondary N) is 1. The van der Waals surface area contributed by atoms with Gasteiger partial charge in [-0.3, -0.25) is 32.0 Å². The summed E-state index contributed by atoms with van der Waals surface area (Å²) in [5.41, 5.74) is 8.99. The first-order valence-electron chi connectivity index (χ1n) is 25.6. The number of aliphatic hydroxyl groups excluding tert-OH is 1. The fourth-order valence-electron chi connectivity index (χ4n) is 10.6. The Kier molecular flexibility index (Phi) is 14.6. The lowest BCUT2D eigenvalue weighted by Crippen LogP contribution is -2.38. The van der Waals surface area contributed by atoms with Crippen LogP contribution in [0, 0.1) is 32.1 Å². The van der Waals surface area contributed by atoms with Crippen LogP contribution in [0.15, 0.2) is 121 Å². The number of anilines is 1. The highest BCUT2D eigenvalue weighted by atomic mass is 32.7. The van der Waals surface area contributed by atoms with E-state index in [1.54, 1.807) is 96.4 Å². The molecule has 2 aliphatic heterocycles. The number of carbonyl (C=O) groups excluding carboxylic acids is 2. The second-order valence-electron chi connectivity index (χ2n) is 20.3. The summed E-state index contributed by atoms with van der Waals surface area (Å²) in [6, 6.07) is 26.1. The molecule has 4 N–H and O–H groups in total. The molecular weight excluding hydrogens is 1110 g/mol. The molecular formula is C54H53N9O15P2S. The van der Waals surface area contributed by atoms with Crippen LogP contribution in [0.4, 0.5) is 5.82 Å². The zero-order chi connectivity index (χ0) is 56.4. The number of phosphoric ester groups is 1. The average molecular weight is 1160 g/mol. The molecule has 4 aliphatic rings. The van der Waals surface area contributed by atoms with Gasteiger partial charge in [0.2, 0.25) is 0 Å². The number of nitrogen functional groups attached to an aromatic ring is 1. The molecule has 4 aromatic carbocycles. The van der Waals surface area contributed by atoms with Crippen LogP contribution in [0.2, 0.25) is 0 Å². The molecule has 8 aromatic rings. The molecule has 2 aliphatic carbocycles. The Hall–Kier alpha value is -6.99. The Balaban J connectivity index is 0.883. The normalized spacial score (nSPS) is 28.1. The number of nitrogens with two attached hydrogens (primary N) is 1. The van der Waals surface area contributed by atoms with Gasteiger partial charge in [0.15, 0.2) is 28.9 Å². The number of ether oxygens (including phenoxy) is 4. The van der Waals surface area contributed by atoms with E-state index in [4.69, 9.17) is 47.3 Å². The van der Waals surface area contributed by atoms with Crippen LogP contribution >= 0.6 is 26.0 Å². The molecule has 4 aromatic heterocycles. The highest BCUT2D eigenvalue weighted by Gasteiger charge is 2.74. The number of nitrogens with zero attached hydrogens (tertiary/aromatic N) is 7. The van der Waals surface area contributed by atoms with E-state index >= 15 is 9.13 Å². The summed E-state index contributed by atoms with van der Waals surface area (Å²) in [6.45, 7) is -0.327. The first-order chi connectivity index (χ1) is 39.0. The minimum absolute atomic E-state index is 0.0273. The number of imidazole rings is 2. The van der Waals surface area contributed by atoms with E-state index < -0.39 is 99.5 Å². The van der Waals surface area contributed by atoms with Gasteiger partial charge in [-0.2, -0.15) is 0 Å². The lowest BCUT2D eigenvalue weighted by molar-refractivity contribution is -0.0617. The molecule has 2 saturated carbocycles. The summed E-state index contributed by atoms with van der Waals surface area (Å²) in [6.07, 6.45) is -3.40. The zero-order valence-electron chi connectivity index (χ0n) is 43.8. The number of esters is 2. The maximum Gasteiger partial charge on any atom is 0.475 e. The number of hydrogen-bond donors (Lipinski definition) is 3. The van der Waals surface area contributed by atoms with Gasteiger partial charge in [-0.15, -0.1) is 0 Å².